The lowest BCUT2D eigenvalue weighted by molar-refractivity contribution is 0.465. The predicted octanol–water partition coefficient (Wildman–Crippen LogP) is 2.32. The molecule has 0 saturated carbocycles. The number of phenols is 1. The number of aromatic hydroxyl groups is 1. The van der Waals surface area contributed by atoms with Crippen LogP contribution in [0.25, 0.3) is 0 Å². The van der Waals surface area contributed by atoms with Crippen molar-refractivity contribution in [1.29, 1.82) is 0 Å². The Kier molecular flexibility index (Phi) is 3.80. The highest BCUT2D eigenvalue weighted by atomic mass is 35.5. The predicted molar refractivity (Wildman–Crippen MR) is 55.0 cm³/mol. The highest BCUT2D eigenvalue weighted by Gasteiger charge is 2.00. The zero-order valence-electron chi connectivity index (χ0n) is 7.26. The van der Waals surface area contributed by atoms with Crippen LogP contribution in [0.5, 0.6) is 5.75 Å². The van der Waals surface area contributed by atoms with E-state index in [9.17, 15) is 5.11 Å². The van der Waals surface area contributed by atoms with E-state index in [2.05, 4.69) is 11.9 Å². The third kappa shape index (κ3) is 3.09. The molecule has 0 aliphatic heterocycles. The molecule has 0 unspecified atom stereocenters. The first kappa shape index (κ1) is 10.1. The summed E-state index contributed by atoms with van der Waals surface area (Å²) in [5, 5.41) is 13.1. The van der Waals surface area contributed by atoms with Gasteiger partial charge < -0.3 is 10.4 Å². The summed E-state index contributed by atoms with van der Waals surface area (Å²) in [5.74, 6) is 0.265. The Hall–Kier alpha value is -0.990. The van der Waals surface area contributed by atoms with Gasteiger partial charge in [-0.2, -0.15) is 0 Å². The SMILES string of the molecule is C=CCNCc1cc(Cl)ccc1O. The van der Waals surface area contributed by atoms with E-state index in [1.54, 1.807) is 24.3 Å². The van der Waals surface area contributed by atoms with Crippen molar-refractivity contribution in [3.05, 3.63) is 41.4 Å². The van der Waals surface area contributed by atoms with Gasteiger partial charge in [-0.15, -0.1) is 6.58 Å². The van der Waals surface area contributed by atoms with Gasteiger partial charge in [-0.3, -0.25) is 0 Å². The summed E-state index contributed by atoms with van der Waals surface area (Å²) >= 11 is 5.77. The van der Waals surface area contributed by atoms with Crippen molar-refractivity contribution in [2.45, 2.75) is 6.54 Å². The summed E-state index contributed by atoms with van der Waals surface area (Å²) in [6.07, 6.45) is 1.77. The van der Waals surface area contributed by atoms with Crippen LogP contribution in [-0.4, -0.2) is 11.7 Å². The molecule has 0 radical (unpaired) electrons. The molecule has 0 fully saturated rings. The maximum atomic E-state index is 9.41. The minimum Gasteiger partial charge on any atom is -0.508 e. The standard InChI is InChI=1S/C10H12ClNO/c1-2-5-12-7-8-6-9(11)3-4-10(8)13/h2-4,6,12-13H,1,5,7H2. The number of hydrogen-bond acceptors (Lipinski definition) is 2. The van der Waals surface area contributed by atoms with Gasteiger partial charge >= 0.3 is 0 Å². The van der Waals surface area contributed by atoms with E-state index in [0.29, 0.717) is 18.1 Å². The average molecular weight is 198 g/mol. The molecular formula is C10H12ClNO. The molecule has 3 heteroatoms. The Balaban J connectivity index is 2.64. The largest absolute Gasteiger partial charge is 0.508 e. The molecule has 0 bridgehead atoms. The maximum Gasteiger partial charge on any atom is 0.120 e. The van der Waals surface area contributed by atoms with E-state index in [-0.39, 0.29) is 5.75 Å². The van der Waals surface area contributed by atoms with Gasteiger partial charge in [0.15, 0.2) is 0 Å². The van der Waals surface area contributed by atoms with Crippen LogP contribution in [-0.2, 0) is 6.54 Å². The lowest BCUT2D eigenvalue weighted by atomic mass is 10.2. The third-order valence-corrected chi connectivity index (χ3v) is 1.88. The molecule has 0 saturated heterocycles. The number of hydrogen-bond donors (Lipinski definition) is 2. The second-order valence-corrected chi connectivity index (χ2v) is 3.13. The number of halogens is 1. The third-order valence-electron chi connectivity index (χ3n) is 1.65. The van der Waals surface area contributed by atoms with Crippen LogP contribution in [0, 0.1) is 0 Å². The van der Waals surface area contributed by atoms with Gasteiger partial charge in [-0.25, -0.2) is 0 Å². The molecule has 0 amide bonds. The highest BCUT2D eigenvalue weighted by molar-refractivity contribution is 6.30. The van der Waals surface area contributed by atoms with Crippen LogP contribution >= 0.6 is 11.6 Å². The monoisotopic (exact) mass is 197 g/mol. The topological polar surface area (TPSA) is 32.3 Å². The zero-order chi connectivity index (χ0) is 9.68. The molecule has 0 spiro atoms. The number of rotatable bonds is 4. The number of benzene rings is 1. The summed E-state index contributed by atoms with van der Waals surface area (Å²) in [7, 11) is 0. The van der Waals surface area contributed by atoms with Crippen LogP contribution in [0.2, 0.25) is 5.02 Å². The van der Waals surface area contributed by atoms with Crippen molar-refractivity contribution in [2.75, 3.05) is 6.54 Å². The van der Waals surface area contributed by atoms with Gasteiger partial charge in [0.05, 0.1) is 0 Å². The molecule has 1 aromatic carbocycles. The zero-order valence-corrected chi connectivity index (χ0v) is 8.01. The van der Waals surface area contributed by atoms with Crippen LogP contribution in [0.1, 0.15) is 5.56 Å². The van der Waals surface area contributed by atoms with Gasteiger partial charge in [0.25, 0.3) is 0 Å². The minimum atomic E-state index is 0.265. The molecule has 0 aromatic heterocycles. The molecule has 13 heavy (non-hydrogen) atoms. The molecular weight excluding hydrogens is 186 g/mol. The normalized spacial score (nSPS) is 9.92. The van der Waals surface area contributed by atoms with Crippen molar-refractivity contribution >= 4 is 11.6 Å². The first-order valence-electron chi connectivity index (χ1n) is 4.03. The van der Waals surface area contributed by atoms with Crippen molar-refractivity contribution in [1.82, 2.24) is 5.32 Å². The van der Waals surface area contributed by atoms with Gasteiger partial charge in [0.1, 0.15) is 5.75 Å². The molecule has 2 N–H and O–H groups in total. The lowest BCUT2D eigenvalue weighted by Gasteiger charge is -2.05. The minimum absolute atomic E-state index is 0.265. The molecule has 0 aliphatic carbocycles. The molecule has 0 heterocycles. The highest BCUT2D eigenvalue weighted by Crippen LogP contribution is 2.20. The molecule has 0 atom stereocenters. The maximum absolute atomic E-state index is 9.41. The fourth-order valence-corrected chi connectivity index (χ4v) is 1.20. The van der Waals surface area contributed by atoms with E-state index in [1.165, 1.54) is 0 Å². The van der Waals surface area contributed by atoms with Crippen molar-refractivity contribution in [2.24, 2.45) is 0 Å². The second-order valence-electron chi connectivity index (χ2n) is 2.69. The lowest BCUT2D eigenvalue weighted by Crippen LogP contribution is -2.12. The Bertz CT molecular complexity index is 299. The summed E-state index contributed by atoms with van der Waals surface area (Å²) in [6, 6.07) is 4.99. The van der Waals surface area contributed by atoms with Gasteiger partial charge in [-0.05, 0) is 18.2 Å². The first-order valence-corrected chi connectivity index (χ1v) is 4.41. The summed E-state index contributed by atoms with van der Waals surface area (Å²) in [6.45, 7) is 4.89. The average Bonchev–Trinajstić information content (AvgIpc) is 2.11. The molecule has 70 valence electrons. The summed E-state index contributed by atoms with van der Waals surface area (Å²) < 4.78 is 0. The Morgan fingerprint density at radius 1 is 1.54 bits per heavy atom. The van der Waals surface area contributed by atoms with Crippen molar-refractivity contribution < 1.29 is 5.11 Å². The van der Waals surface area contributed by atoms with E-state index < -0.39 is 0 Å². The van der Waals surface area contributed by atoms with Crippen LogP contribution in [0.15, 0.2) is 30.9 Å². The Labute approximate surface area is 82.8 Å². The van der Waals surface area contributed by atoms with E-state index >= 15 is 0 Å². The molecule has 1 aromatic rings. The number of phenolic OH excluding ortho intramolecular Hbond substituents is 1. The van der Waals surface area contributed by atoms with Gasteiger partial charge in [-0.1, -0.05) is 17.7 Å². The van der Waals surface area contributed by atoms with E-state index in [0.717, 1.165) is 5.56 Å². The van der Waals surface area contributed by atoms with Gasteiger partial charge in [0, 0.05) is 23.7 Å². The Morgan fingerprint density at radius 3 is 3.00 bits per heavy atom. The van der Waals surface area contributed by atoms with Crippen LogP contribution in [0.3, 0.4) is 0 Å². The molecule has 2 nitrogen and oxygen atoms in total. The van der Waals surface area contributed by atoms with Crippen molar-refractivity contribution in [3.63, 3.8) is 0 Å². The Morgan fingerprint density at radius 2 is 2.31 bits per heavy atom. The summed E-state index contributed by atoms with van der Waals surface area (Å²) in [5.41, 5.74) is 0.800. The van der Waals surface area contributed by atoms with Crippen molar-refractivity contribution in [3.8, 4) is 5.75 Å². The number of nitrogens with one attached hydrogen (secondary N) is 1. The quantitative estimate of drug-likeness (QED) is 0.574. The van der Waals surface area contributed by atoms with Gasteiger partial charge in [0.2, 0.25) is 0 Å². The van der Waals surface area contributed by atoms with E-state index in [4.69, 9.17) is 11.6 Å². The molecule has 0 aliphatic rings. The molecule has 1 rings (SSSR count). The summed E-state index contributed by atoms with van der Waals surface area (Å²) in [4.78, 5) is 0. The van der Waals surface area contributed by atoms with Crippen LogP contribution < -0.4 is 5.32 Å². The smallest absolute Gasteiger partial charge is 0.120 e. The van der Waals surface area contributed by atoms with E-state index in [1.807, 2.05) is 0 Å². The second kappa shape index (κ2) is 4.90. The fraction of sp³-hybridized carbons (Fsp3) is 0.200. The van der Waals surface area contributed by atoms with Crippen LogP contribution in [0.4, 0.5) is 0 Å². The fourth-order valence-electron chi connectivity index (χ4n) is 1.00. The first-order chi connectivity index (χ1) is 6.24.